The summed E-state index contributed by atoms with van der Waals surface area (Å²) in [6.07, 6.45) is 10.3. The minimum Gasteiger partial charge on any atom is -0.378 e. The van der Waals surface area contributed by atoms with Crippen molar-refractivity contribution in [3.05, 3.63) is 101 Å². The third kappa shape index (κ3) is 8.48. The van der Waals surface area contributed by atoms with Gasteiger partial charge in [0.25, 0.3) is 6.43 Å². The van der Waals surface area contributed by atoms with E-state index in [-0.39, 0.29) is 5.69 Å². The molecule has 1 heterocycles. The van der Waals surface area contributed by atoms with Crippen LogP contribution in [-0.4, -0.2) is 54.6 Å². The van der Waals surface area contributed by atoms with Crippen LogP contribution in [0.25, 0.3) is 11.3 Å². The van der Waals surface area contributed by atoms with Gasteiger partial charge in [0, 0.05) is 62.1 Å². The molecule has 11 heteroatoms. The number of hydrazone groups is 1. The monoisotopic (exact) mass is 556 g/mol. The van der Waals surface area contributed by atoms with E-state index in [0.29, 0.717) is 34.5 Å². The Morgan fingerprint density at radius 1 is 1.12 bits per heavy atom. The molecular weight excluding hydrogens is 524 g/mol. The number of aromatic nitrogens is 2. The molecule has 1 atom stereocenters. The molecule has 0 saturated heterocycles. The predicted octanol–water partition coefficient (Wildman–Crippen LogP) is 5.94. The number of benzene rings is 1. The molecule has 0 aliphatic rings. The lowest BCUT2D eigenvalue weighted by molar-refractivity contribution is -0.104. The van der Waals surface area contributed by atoms with Crippen molar-refractivity contribution in [2.24, 2.45) is 5.10 Å². The van der Waals surface area contributed by atoms with Gasteiger partial charge in [-0.3, -0.25) is 4.79 Å². The number of alkyl halides is 2. The third-order valence-electron chi connectivity index (χ3n) is 5.64. The number of carbonyl (C=O) groups is 1. The zero-order valence-corrected chi connectivity index (χ0v) is 22.9. The molecule has 2 N–H and O–H groups in total. The first-order chi connectivity index (χ1) is 19.0. The first-order valence-corrected chi connectivity index (χ1v) is 12.1. The summed E-state index contributed by atoms with van der Waals surface area (Å²) in [5.41, 5.74) is 4.60. The highest BCUT2D eigenvalue weighted by atomic mass is 19.3. The Kier molecular flexibility index (Phi) is 12.0. The molecule has 0 bridgehead atoms. The molecule has 1 aromatic carbocycles. The Hall–Kier alpha value is -4.54. The van der Waals surface area contributed by atoms with Gasteiger partial charge >= 0.3 is 0 Å². The standard InChI is InChI=1S/C29H32F4N6O/c1-7-18(2)14-20(19(3)38-24-10-9-23(30)27(31)26(24)28(32)33)8-11-25(39(5)6)22-15-35-29(36-16-22)21(12-13-40)17-37-34-4/h7-17,19,28,34,38H,1H2,2-6H3/b18-14-,20-8-,21-12+,25-11-,37-17-/t19-/m1/s1. The topological polar surface area (TPSA) is 82.5 Å². The molecule has 0 spiro atoms. The number of aldehydes is 1. The van der Waals surface area contributed by atoms with Crippen LogP contribution in [0.5, 0.6) is 0 Å². The fourth-order valence-electron chi connectivity index (χ4n) is 3.53. The van der Waals surface area contributed by atoms with Gasteiger partial charge in [0.15, 0.2) is 17.5 Å². The Labute approximate surface area is 231 Å². The van der Waals surface area contributed by atoms with Crippen molar-refractivity contribution in [2.45, 2.75) is 26.3 Å². The largest absolute Gasteiger partial charge is 0.378 e. The van der Waals surface area contributed by atoms with Crippen LogP contribution in [0.4, 0.5) is 23.2 Å². The lowest BCUT2D eigenvalue weighted by Gasteiger charge is -2.21. The van der Waals surface area contributed by atoms with E-state index in [4.69, 9.17) is 0 Å². The summed E-state index contributed by atoms with van der Waals surface area (Å²) in [6.45, 7) is 7.29. The van der Waals surface area contributed by atoms with Crippen LogP contribution in [0.1, 0.15) is 37.2 Å². The van der Waals surface area contributed by atoms with Gasteiger partial charge in [0.2, 0.25) is 0 Å². The van der Waals surface area contributed by atoms with Crippen LogP contribution in [0.3, 0.4) is 0 Å². The molecule has 0 aliphatic heterocycles. The highest BCUT2D eigenvalue weighted by Gasteiger charge is 2.23. The maximum atomic E-state index is 14.1. The van der Waals surface area contributed by atoms with Gasteiger partial charge in [-0.2, -0.15) is 5.10 Å². The number of anilines is 1. The Balaban J connectivity index is 2.52. The molecule has 0 aliphatic carbocycles. The molecule has 212 valence electrons. The minimum absolute atomic E-state index is 0.209. The van der Waals surface area contributed by atoms with Crippen molar-refractivity contribution in [1.82, 2.24) is 20.3 Å². The number of nitrogens with one attached hydrogen (secondary N) is 2. The second kappa shape index (κ2) is 15.2. The molecule has 1 aromatic heterocycles. The van der Waals surface area contributed by atoms with Crippen molar-refractivity contribution in [3.63, 3.8) is 0 Å². The molecule has 0 amide bonds. The summed E-state index contributed by atoms with van der Waals surface area (Å²) in [7, 11) is 5.27. The fraction of sp³-hybridized carbons (Fsp3) is 0.241. The second-order valence-electron chi connectivity index (χ2n) is 8.73. The van der Waals surface area contributed by atoms with Crippen LogP contribution >= 0.6 is 0 Å². The molecule has 7 nitrogen and oxygen atoms in total. The number of carbonyl (C=O) groups excluding carboxylic acids is 1. The van der Waals surface area contributed by atoms with Gasteiger partial charge < -0.3 is 15.6 Å². The van der Waals surface area contributed by atoms with Crippen molar-refractivity contribution in [2.75, 3.05) is 26.5 Å². The number of nitrogens with zero attached hydrogens (tertiary/aromatic N) is 4. The maximum Gasteiger partial charge on any atom is 0.268 e. The second-order valence-corrected chi connectivity index (χ2v) is 8.73. The molecular formula is C29H32F4N6O. The van der Waals surface area contributed by atoms with Crippen molar-refractivity contribution in [3.8, 4) is 0 Å². The third-order valence-corrected chi connectivity index (χ3v) is 5.64. The van der Waals surface area contributed by atoms with E-state index in [1.54, 1.807) is 50.7 Å². The summed E-state index contributed by atoms with van der Waals surface area (Å²) in [6, 6.07) is 1.31. The van der Waals surface area contributed by atoms with Gasteiger partial charge in [-0.15, -0.1) is 0 Å². The van der Waals surface area contributed by atoms with E-state index in [0.717, 1.165) is 17.7 Å². The van der Waals surface area contributed by atoms with E-state index in [2.05, 4.69) is 32.4 Å². The highest BCUT2D eigenvalue weighted by Crippen LogP contribution is 2.32. The van der Waals surface area contributed by atoms with Gasteiger partial charge in [0.05, 0.1) is 11.8 Å². The maximum absolute atomic E-state index is 14.1. The number of halogens is 4. The number of rotatable bonds is 13. The van der Waals surface area contributed by atoms with Crippen molar-refractivity contribution >= 4 is 29.5 Å². The highest BCUT2D eigenvalue weighted by molar-refractivity contribution is 6.11. The summed E-state index contributed by atoms with van der Waals surface area (Å²) >= 11 is 0. The van der Waals surface area contributed by atoms with Crippen molar-refractivity contribution < 1.29 is 22.4 Å². The van der Waals surface area contributed by atoms with E-state index in [1.807, 2.05) is 25.9 Å². The van der Waals surface area contributed by atoms with E-state index in [9.17, 15) is 22.4 Å². The zero-order valence-electron chi connectivity index (χ0n) is 22.9. The SMILES string of the molecule is C=C\C(C)=C/C(=C/C=C(/c1cnc(C(/C=N\NC)=C/C=O)nc1)N(C)C)[C@@H](C)Nc1ccc(F)c(F)c1C(F)F. The van der Waals surface area contributed by atoms with Gasteiger partial charge in [0.1, 0.15) is 6.29 Å². The molecule has 0 unspecified atom stereocenters. The van der Waals surface area contributed by atoms with Crippen LogP contribution < -0.4 is 10.7 Å². The lowest BCUT2D eigenvalue weighted by Crippen LogP contribution is -2.19. The summed E-state index contributed by atoms with van der Waals surface area (Å²) in [5.74, 6) is -2.63. The Bertz CT molecular complexity index is 1350. The first kappa shape index (κ1) is 31.7. The number of hydrogen-bond acceptors (Lipinski definition) is 7. The van der Waals surface area contributed by atoms with E-state index in [1.165, 1.54) is 12.3 Å². The quantitative estimate of drug-likeness (QED) is 0.0794. The first-order valence-electron chi connectivity index (χ1n) is 12.1. The molecule has 2 rings (SSSR count). The van der Waals surface area contributed by atoms with Crippen LogP contribution in [-0.2, 0) is 4.79 Å². The predicted molar refractivity (Wildman–Crippen MR) is 152 cm³/mol. The molecule has 0 saturated carbocycles. The zero-order chi connectivity index (χ0) is 29.8. The minimum atomic E-state index is -3.21. The smallest absolute Gasteiger partial charge is 0.268 e. The Morgan fingerprint density at radius 3 is 2.35 bits per heavy atom. The normalized spacial score (nSPS) is 13.9. The average Bonchev–Trinajstić information content (AvgIpc) is 2.92. The van der Waals surface area contributed by atoms with E-state index < -0.39 is 29.7 Å². The molecule has 0 fully saturated rings. The lowest BCUT2D eigenvalue weighted by atomic mass is 10.0. The van der Waals surface area contributed by atoms with Crippen molar-refractivity contribution in [1.29, 1.82) is 0 Å². The van der Waals surface area contributed by atoms with Gasteiger partial charge in [-0.05, 0) is 43.7 Å². The summed E-state index contributed by atoms with van der Waals surface area (Å²) < 4.78 is 54.9. The molecule has 2 aromatic rings. The average molecular weight is 557 g/mol. The Morgan fingerprint density at radius 2 is 1.80 bits per heavy atom. The summed E-state index contributed by atoms with van der Waals surface area (Å²) in [4.78, 5) is 21.5. The number of allylic oxidation sites excluding steroid dienone is 6. The van der Waals surface area contributed by atoms with Gasteiger partial charge in [-0.1, -0.05) is 30.4 Å². The van der Waals surface area contributed by atoms with E-state index >= 15 is 0 Å². The van der Waals surface area contributed by atoms with Crippen LogP contribution in [0.2, 0.25) is 0 Å². The number of hydrogen-bond donors (Lipinski definition) is 2. The van der Waals surface area contributed by atoms with Crippen LogP contribution in [0, 0.1) is 11.6 Å². The molecule has 40 heavy (non-hydrogen) atoms. The molecule has 0 radical (unpaired) electrons. The summed E-state index contributed by atoms with van der Waals surface area (Å²) in [5, 5.41) is 6.77. The fourth-order valence-corrected chi connectivity index (χ4v) is 3.53. The van der Waals surface area contributed by atoms with Gasteiger partial charge in [-0.25, -0.2) is 27.5 Å². The van der Waals surface area contributed by atoms with Crippen LogP contribution in [0.15, 0.2) is 77.7 Å².